The molecule has 2 amide bonds. The second kappa shape index (κ2) is 7.90. The second-order valence-corrected chi connectivity index (χ2v) is 7.44. The number of carbonyl (C=O) groups excluding carboxylic acids is 4. The van der Waals surface area contributed by atoms with Crippen molar-refractivity contribution < 1.29 is 20.5 Å². The Hall–Kier alpha value is -1.17. The van der Waals surface area contributed by atoms with Crippen LogP contribution < -0.4 is 0 Å². The maximum atomic E-state index is 12.3. The van der Waals surface area contributed by atoms with Crippen LogP contribution in [0.4, 0.5) is 0 Å². The normalized spacial score (nSPS) is 29.6. The lowest BCUT2D eigenvalue weighted by molar-refractivity contribution is -0.139. The van der Waals surface area contributed by atoms with E-state index in [0.717, 1.165) is 25.7 Å². The summed E-state index contributed by atoms with van der Waals surface area (Å²) >= 11 is 1.30. The van der Waals surface area contributed by atoms with Crippen molar-refractivity contribution in [3.8, 4) is 0 Å². The number of likely N-dealkylation sites (tertiary alicyclic amines) is 1. The quantitative estimate of drug-likeness (QED) is 0.527. The van der Waals surface area contributed by atoms with Gasteiger partial charge in [-0.15, -0.1) is 11.8 Å². The molecule has 1 atom stereocenters. The predicted molar refractivity (Wildman–Crippen MR) is 84.4 cm³/mol. The number of amides is 2. The third-order valence-electron chi connectivity index (χ3n) is 4.59. The molecule has 6 heteroatoms. The minimum atomic E-state index is -0.645. The van der Waals surface area contributed by atoms with Crippen LogP contribution in [-0.4, -0.2) is 46.3 Å². The van der Waals surface area contributed by atoms with Crippen LogP contribution in [0.5, 0.6) is 0 Å². The van der Waals surface area contributed by atoms with Crippen LogP contribution in [0, 0.1) is 11.8 Å². The van der Waals surface area contributed by atoms with E-state index < -0.39 is 11.5 Å². The Balaban J connectivity index is 1.81. The van der Waals surface area contributed by atoms with E-state index in [0.29, 0.717) is 12.3 Å². The molecule has 1 unspecified atom stereocenters. The first-order valence-electron chi connectivity index (χ1n) is 8.34. The molecule has 22 heavy (non-hydrogen) atoms. The van der Waals surface area contributed by atoms with Crippen molar-refractivity contribution in [2.45, 2.75) is 50.7 Å². The first kappa shape index (κ1) is 15.7. The lowest BCUT2D eigenvalue weighted by atomic mass is 9.80. The molecule has 2 rings (SSSR count). The highest BCUT2D eigenvalue weighted by Gasteiger charge is 2.40. The van der Waals surface area contributed by atoms with Gasteiger partial charge < -0.3 is 4.79 Å². The van der Waals surface area contributed by atoms with Crippen molar-refractivity contribution in [2.75, 3.05) is 12.3 Å². The zero-order valence-corrected chi connectivity index (χ0v) is 13.7. The van der Waals surface area contributed by atoms with E-state index in [-0.39, 0.29) is 42.3 Å². The van der Waals surface area contributed by atoms with Crippen LogP contribution in [0.15, 0.2) is 0 Å². The molecule has 1 saturated carbocycles. The van der Waals surface area contributed by atoms with Crippen molar-refractivity contribution in [3.63, 3.8) is 0 Å². The van der Waals surface area contributed by atoms with E-state index in [4.69, 9.17) is 1.37 Å². The predicted octanol–water partition coefficient (Wildman–Crippen LogP) is 1.83. The molecule has 0 radical (unpaired) electrons. The number of imide groups is 1. The molecule has 0 aromatic heterocycles. The number of ketones is 1. The van der Waals surface area contributed by atoms with Crippen molar-refractivity contribution >= 4 is 35.6 Å². The number of carbonyl (C=O) groups is 4. The molecule has 5 nitrogen and oxygen atoms in total. The molecule has 1 aliphatic carbocycles. The summed E-state index contributed by atoms with van der Waals surface area (Å²) in [5.74, 6) is 0.768. The third kappa shape index (κ3) is 4.18. The summed E-state index contributed by atoms with van der Waals surface area (Å²) in [6.45, 7) is 2.08. The van der Waals surface area contributed by atoms with E-state index in [9.17, 15) is 19.2 Å². The van der Waals surface area contributed by atoms with Gasteiger partial charge in [0.15, 0.2) is 0 Å². The molecule has 0 spiro atoms. The van der Waals surface area contributed by atoms with E-state index in [2.05, 4.69) is 0 Å². The highest BCUT2D eigenvalue weighted by Crippen LogP contribution is 2.32. The van der Waals surface area contributed by atoms with Crippen LogP contribution in [0.2, 0.25) is 0 Å². The Labute approximate surface area is 136 Å². The summed E-state index contributed by atoms with van der Waals surface area (Å²) in [5, 5.41) is -0.407. The van der Waals surface area contributed by atoms with Gasteiger partial charge >= 0.3 is 0 Å². The Bertz CT molecular complexity index is 502. The number of Topliss-reactive ketones (excluding diaryl/α,β-unsaturated/α-hetero) is 1. The van der Waals surface area contributed by atoms with Gasteiger partial charge in [0, 0.05) is 31.1 Å². The van der Waals surface area contributed by atoms with Crippen LogP contribution in [-0.2, 0) is 19.2 Å². The van der Waals surface area contributed by atoms with Gasteiger partial charge in [-0.2, -0.15) is 0 Å². The van der Waals surface area contributed by atoms with Gasteiger partial charge in [0.25, 0.3) is 0 Å². The van der Waals surface area contributed by atoms with Crippen LogP contribution in [0.1, 0.15) is 46.8 Å². The number of rotatable bonds is 7. The topological polar surface area (TPSA) is 71.5 Å². The highest BCUT2D eigenvalue weighted by molar-refractivity contribution is 8.00. The monoisotopic (exact) mass is 326 g/mol. The molecule has 1 saturated heterocycles. The molecule has 2 aliphatic rings. The summed E-state index contributed by atoms with van der Waals surface area (Å²) in [7, 11) is 0. The fourth-order valence-electron chi connectivity index (χ4n) is 3.23. The largest absolute Gasteiger partial charge is 0.303 e. The average molecular weight is 326 g/mol. The SMILES string of the molecule is [2H]C(=O)CCSC1CC(=O)N(CC2CCC(C(C)=O)CC2)C1=O. The van der Waals surface area contributed by atoms with Crippen molar-refractivity contribution in [1.29, 1.82) is 0 Å². The number of nitrogens with zero attached hydrogens (tertiary/aromatic N) is 1. The molecule has 1 aliphatic heterocycles. The molecule has 122 valence electrons. The molecular formula is C16H23NO4S. The van der Waals surface area contributed by atoms with E-state index in [1.807, 2.05) is 0 Å². The van der Waals surface area contributed by atoms with Crippen LogP contribution in [0.25, 0.3) is 0 Å². The number of aldehydes is 1. The number of hydrogen-bond donors (Lipinski definition) is 0. The second-order valence-electron chi connectivity index (χ2n) is 6.13. The first-order valence-corrected chi connectivity index (χ1v) is 8.89. The van der Waals surface area contributed by atoms with Gasteiger partial charge in [-0.05, 0) is 38.5 Å². The summed E-state index contributed by atoms with van der Waals surface area (Å²) in [5.41, 5.74) is 0. The number of hydrogen-bond acceptors (Lipinski definition) is 5. The summed E-state index contributed by atoms with van der Waals surface area (Å²) in [6.07, 6.45) is 3.11. The summed E-state index contributed by atoms with van der Waals surface area (Å²) in [6, 6.07) is 0. The average Bonchev–Trinajstić information content (AvgIpc) is 2.75. The van der Waals surface area contributed by atoms with Gasteiger partial charge in [-0.25, -0.2) is 0 Å². The lowest BCUT2D eigenvalue weighted by Crippen LogP contribution is -2.37. The standard InChI is InChI=1S/C16H23NO4S/c1-11(19)13-5-3-12(4-6-13)10-17-15(20)9-14(16(17)21)22-8-2-7-18/h7,12-14H,2-6,8-10H2,1H3/i7D. The van der Waals surface area contributed by atoms with Gasteiger partial charge in [0.1, 0.15) is 13.4 Å². The Morgan fingerprint density at radius 2 is 2.05 bits per heavy atom. The summed E-state index contributed by atoms with van der Waals surface area (Å²) < 4.78 is 6.86. The molecule has 0 bridgehead atoms. The maximum absolute atomic E-state index is 12.3. The Kier molecular flexibility index (Phi) is 5.64. The highest BCUT2D eigenvalue weighted by atomic mass is 32.2. The molecular weight excluding hydrogens is 302 g/mol. The smallest absolute Gasteiger partial charge is 0.242 e. The number of thioether (sulfide) groups is 1. The fourth-order valence-corrected chi connectivity index (χ4v) is 4.24. The third-order valence-corrected chi connectivity index (χ3v) is 5.80. The first-order chi connectivity index (χ1) is 10.9. The molecule has 0 aromatic carbocycles. The van der Waals surface area contributed by atoms with Crippen molar-refractivity contribution in [3.05, 3.63) is 0 Å². The molecule has 2 fully saturated rings. The Morgan fingerprint density at radius 3 is 2.64 bits per heavy atom. The molecule has 0 N–H and O–H groups in total. The van der Waals surface area contributed by atoms with Gasteiger partial charge in [0.05, 0.1) is 5.25 Å². The zero-order valence-electron chi connectivity index (χ0n) is 13.9. The molecule has 0 aromatic rings. The molecule has 1 heterocycles. The Morgan fingerprint density at radius 1 is 1.36 bits per heavy atom. The van der Waals surface area contributed by atoms with Gasteiger partial charge in [0.2, 0.25) is 11.8 Å². The summed E-state index contributed by atoms with van der Waals surface area (Å²) in [4.78, 5) is 47.8. The van der Waals surface area contributed by atoms with E-state index in [1.54, 1.807) is 6.92 Å². The minimum Gasteiger partial charge on any atom is -0.303 e. The van der Waals surface area contributed by atoms with Crippen LogP contribution in [0.3, 0.4) is 0 Å². The lowest BCUT2D eigenvalue weighted by Gasteiger charge is -2.29. The zero-order chi connectivity index (χ0) is 17.0. The van der Waals surface area contributed by atoms with E-state index >= 15 is 0 Å². The maximum Gasteiger partial charge on any atom is 0.242 e. The van der Waals surface area contributed by atoms with Crippen molar-refractivity contribution in [2.24, 2.45) is 11.8 Å². The van der Waals surface area contributed by atoms with Gasteiger partial charge in [-0.1, -0.05) is 0 Å². The van der Waals surface area contributed by atoms with Gasteiger partial charge in [-0.3, -0.25) is 19.3 Å². The fraction of sp³-hybridized carbons (Fsp3) is 0.750. The minimum absolute atomic E-state index is 0.109. The van der Waals surface area contributed by atoms with Crippen molar-refractivity contribution in [1.82, 2.24) is 4.90 Å². The van der Waals surface area contributed by atoms with Crippen LogP contribution >= 0.6 is 11.8 Å². The van der Waals surface area contributed by atoms with E-state index in [1.165, 1.54) is 16.7 Å².